The molecule has 0 radical (unpaired) electrons. The lowest BCUT2D eigenvalue weighted by Crippen LogP contribution is -2.30. The van der Waals surface area contributed by atoms with Crippen molar-refractivity contribution in [2.75, 3.05) is 7.05 Å². The number of hydrogen-bond acceptors (Lipinski definition) is 2. The highest BCUT2D eigenvalue weighted by molar-refractivity contribution is 5.30. The van der Waals surface area contributed by atoms with Gasteiger partial charge in [-0.2, -0.15) is 0 Å². The highest BCUT2D eigenvalue weighted by Gasteiger charge is 2.14. The number of benzene rings is 1. The summed E-state index contributed by atoms with van der Waals surface area (Å²) in [6.45, 7) is 8.88. The first kappa shape index (κ1) is 15.6. The Kier molecular flexibility index (Phi) is 4.68. The average Bonchev–Trinajstić information content (AvgIpc) is 2.76. The van der Waals surface area contributed by atoms with E-state index < -0.39 is 0 Å². The molecule has 0 saturated heterocycles. The minimum absolute atomic E-state index is 0.0506. The molecule has 1 atom stereocenters. The number of nitrogens with one attached hydrogen (secondary N) is 1. The predicted octanol–water partition coefficient (Wildman–Crippen LogP) is 2.81. The van der Waals surface area contributed by atoms with Gasteiger partial charge in [0.15, 0.2) is 0 Å². The van der Waals surface area contributed by atoms with Crippen LogP contribution in [0.2, 0.25) is 0 Å². The first-order valence-corrected chi connectivity index (χ1v) is 7.45. The minimum atomic E-state index is 0.0506. The van der Waals surface area contributed by atoms with Gasteiger partial charge >= 0.3 is 5.69 Å². The van der Waals surface area contributed by atoms with E-state index in [0.29, 0.717) is 6.54 Å². The summed E-state index contributed by atoms with van der Waals surface area (Å²) in [6.07, 6.45) is 3.73. The Hall–Kier alpha value is -1.81. The fourth-order valence-corrected chi connectivity index (χ4v) is 2.73. The first-order valence-electron chi connectivity index (χ1n) is 7.45. The van der Waals surface area contributed by atoms with Crippen LogP contribution < -0.4 is 11.0 Å². The van der Waals surface area contributed by atoms with Crippen molar-refractivity contribution in [3.63, 3.8) is 0 Å². The van der Waals surface area contributed by atoms with E-state index in [0.717, 1.165) is 0 Å². The molecule has 0 amide bonds. The van der Waals surface area contributed by atoms with Crippen molar-refractivity contribution in [3.8, 4) is 0 Å². The van der Waals surface area contributed by atoms with E-state index in [1.165, 1.54) is 16.7 Å². The van der Waals surface area contributed by atoms with Crippen LogP contribution in [0.25, 0.3) is 0 Å². The molecule has 1 heterocycles. The second-order valence-corrected chi connectivity index (χ2v) is 6.00. The molecule has 2 rings (SSSR count). The second kappa shape index (κ2) is 6.31. The number of hydrogen-bond donors (Lipinski definition) is 1. The van der Waals surface area contributed by atoms with Crippen LogP contribution >= 0.6 is 0 Å². The number of nitrogens with zero attached hydrogens (tertiary/aromatic N) is 2. The van der Waals surface area contributed by atoms with Gasteiger partial charge in [0, 0.05) is 25.0 Å². The van der Waals surface area contributed by atoms with E-state index in [1.807, 2.05) is 33.3 Å². The van der Waals surface area contributed by atoms with Crippen molar-refractivity contribution in [3.05, 3.63) is 57.8 Å². The number of aryl methyl sites for hydroxylation is 2. The van der Waals surface area contributed by atoms with Crippen LogP contribution in [0.15, 0.2) is 35.4 Å². The molecule has 0 bridgehead atoms. The summed E-state index contributed by atoms with van der Waals surface area (Å²) in [5, 5.41) is 3.32. The highest BCUT2D eigenvalue weighted by atomic mass is 16.1. The zero-order valence-electron chi connectivity index (χ0n) is 13.6. The molecule has 0 fully saturated rings. The monoisotopic (exact) mass is 287 g/mol. The lowest BCUT2D eigenvalue weighted by atomic mass is 10.0. The van der Waals surface area contributed by atoms with Gasteiger partial charge in [-0.3, -0.25) is 9.13 Å². The van der Waals surface area contributed by atoms with E-state index in [2.05, 4.69) is 37.4 Å². The molecular weight excluding hydrogens is 262 g/mol. The fraction of sp³-hybridized carbons (Fsp3) is 0.471. The molecule has 0 aliphatic rings. The third-order valence-corrected chi connectivity index (χ3v) is 3.80. The molecule has 1 N–H and O–H groups in total. The quantitative estimate of drug-likeness (QED) is 0.918. The van der Waals surface area contributed by atoms with E-state index in [-0.39, 0.29) is 17.8 Å². The number of rotatable bonds is 5. The van der Waals surface area contributed by atoms with Gasteiger partial charge in [-0.1, -0.05) is 29.3 Å². The Morgan fingerprint density at radius 2 is 1.71 bits per heavy atom. The van der Waals surface area contributed by atoms with Crippen molar-refractivity contribution in [2.45, 2.75) is 46.3 Å². The number of imidazole rings is 1. The fourth-order valence-electron chi connectivity index (χ4n) is 2.73. The normalized spacial score (nSPS) is 12.9. The minimum Gasteiger partial charge on any atom is -0.312 e. The molecule has 0 aliphatic heterocycles. The lowest BCUT2D eigenvalue weighted by Gasteiger charge is -2.18. The van der Waals surface area contributed by atoms with Gasteiger partial charge in [0.05, 0.1) is 6.04 Å². The molecule has 0 saturated carbocycles. The van der Waals surface area contributed by atoms with Gasteiger partial charge in [-0.05, 0) is 40.3 Å². The van der Waals surface area contributed by atoms with Crippen LogP contribution in [0.4, 0.5) is 0 Å². The van der Waals surface area contributed by atoms with Crippen molar-refractivity contribution in [1.29, 1.82) is 0 Å². The SMILES string of the molecule is CNC(Cn1ccn(C(C)C)c1=O)c1cc(C)cc(C)c1. The Bertz CT molecular complexity index is 647. The van der Waals surface area contributed by atoms with E-state index >= 15 is 0 Å². The van der Waals surface area contributed by atoms with Crippen LogP contribution in [-0.2, 0) is 6.54 Å². The molecule has 21 heavy (non-hydrogen) atoms. The molecule has 1 aromatic heterocycles. The summed E-state index contributed by atoms with van der Waals surface area (Å²) in [5.74, 6) is 0. The Morgan fingerprint density at radius 3 is 2.19 bits per heavy atom. The van der Waals surface area contributed by atoms with Gasteiger partial charge in [-0.15, -0.1) is 0 Å². The van der Waals surface area contributed by atoms with E-state index in [9.17, 15) is 4.79 Å². The van der Waals surface area contributed by atoms with Crippen LogP contribution in [0.3, 0.4) is 0 Å². The van der Waals surface area contributed by atoms with Crippen molar-refractivity contribution >= 4 is 0 Å². The summed E-state index contributed by atoms with van der Waals surface area (Å²) in [5.41, 5.74) is 3.77. The van der Waals surface area contributed by atoms with Crippen molar-refractivity contribution in [1.82, 2.24) is 14.5 Å². The van der Waals surface area contributed by atoms with Crippen LogP contribution in [0.1, 0.15) is 42.6 Å². The summed E-state index contributed by atoms with van der Waals surface area (Å²) in [6, 6.07) is 6.84. The third kappa shape index (κ3) is 3.45. The third-order valence-electron chi connectivity index (χ3n) is 3.80. The predicted molar refractivity (Wildman–Crippen MR) is 86.8 cm³/mol. The zero-order chi connectivity index (χ0) is 15.6. The molecule has 4 heteroatoms. The first-order chi connectivity index (χ1) is 9.92. The second-order valence-electron chi connectivity index (χ2n) is 6.00. The highest BCUT2D eigenvalue weighted by Crippen LogP contribution is 2.18. The molecule has 0 spiro atoms. The van der Waals surface area contributed by atoms with E-state index in [1.54, 1.807) is 9.13 Å². The standard InChI is InChI=1S/C17H25N3O/c1-12(2)20-7-6-19(17(20)21)11-16(18-5)15-9-13(3)8-14(4)10-15/h6-10,12,16,18H,11H2,1-5H3. The average molecular weight is 287 g/mol. The maximum absolute atomic E-state index is 12.3. The Balaban J connectivity index is 2.29. The number of aromatic nitrogens is 2. The molecule has 114 valence electrons. The van der Waals surface area contributed by atoms with Crippen molar-refractivity contribution < 1.29 is 0 Å². The summed E-state index contributed by atoms with van der Waals surface area (Å²) in [4.78, 5) is 12.3. The summed E-state index contributed by atoms with van der Waals surface area (Å²) < 4.78 is 3.53. The summed E-state index contributed by atoms with van der Waals surface area (Å²) in [7, 11) is 1.94. The lowest BCUT2D eigenvalue weighted by molar-refractivity contribution is 0.475. The molecule has 4 nitrogen and oxygen atoms in total. The van der Waals surface area contributed by atoms with Gasteiger partial charge < -0.3 is 5.32 Å². The molecule has 1 unspecified atom stereocenters. The van der Waals surface area contributed by atoms with Gasteiger partial charge in [-0.25, -0.2) is 4.79 Å². The van der Waals surface area contributed by atoms with Crippen LogP contribution in [-0.4, -0.2) is 16.2 Å². The molecule has 0 aliphatic carbocycles. The number of likely N-dealkylation sites (N-methyl/N-ethyl adjacent to an activating group) is 1. The smallest absolute Gasteiger partial charge is 0.312 e. The van der Waals surface area contributed by atoms with Crippen LogP contribution in [0, 0.1) is 13.8 Å². The van der Waals surface area contributed by atoms with E-state index in [4.69, 9.17) is 0 Å². The molecule has 2 aromatic rings. The van der Waals surface area contributed by atoms with Crippen LogP contribution in [0.5, 0.6) is 0 Å². The Labute approximate surface area is 126 Å². The Morgan fingerprint density at radius 1 is 1.10 bits per heavy atom. The molecule has 1 aromatic carbocycles. The maximum atomic E-state index is 12.3. The maximum Gasteiger partial charge on any atom is 0.328 e. The largest absolute Gasteiger partial charge is 0.328 e. The summed E-state index contributed by atoms with van der Waals surface area (Å²) >= 11 is 0. The zero-order valence-corrected chi connectivity index (χ0v) is 13.6. The van der Waals surface area contributed by atoms with Gasteiger partial charge in [0.25, 0.3) is 0 Å². The van der Waals surface area contributed by atoms with Crippen molar-refractivity contribution in [2.24, 2.45) is 0 Å². The van der Waals surface area contributed by atoms with Gasteiger partial charge in [0.2, 0.25) is 0 Å². The van der Waals surface area contributed by atoms with Gasteiger partial charge in [0.1, 0.15) is 0 Å². The topological polar surface area (TPSA) is 39.0 Å². The molecular formula is C17H25N3O.